The Morgan fingerprint density at radius 2 is 2.10 bits per heavy atom. The van der Waals surface area contributed by atoms with Crippen molar-refractivity contribution in [3.05, 3.63) is 28.3 Å². The lowest BCUT2D eigenvalue weighted by atomic mass is 10.1. The normalized spacial score (nSPS) is 16.1. The fourth-order valence-electron chi connectivity index (χ4n) is 2.31. The summed E-state index contributed by atoms with van der Waals surface area (Å²) in [6.45, 7) is 8.44. The summed E-state index contributed by atoms with van der Waals surface area (Å²) >= 11 is 6.14. The first kappa shape index (κ1) is 15.3. The molecule has 1 aliphatic rings. The second-order valence-electron chi connectivity index (χ2n) is 4.98. The van der Waals surface area contributed by atoms with Crippen LogP contribution in [0.3, 0.4) is 0 Å². The second-order valence-corrected chi connectivity index (χ2v) is 5.39. The van der Waals surface area contributed by atoms with E-state index in [4.69, 9.17) is 16.3 Å². The Labute approximate surface area is 125 Å². The number of benzene rings is 1. The van der Waals surface area contributed by atoms with E-state index in [0.717, 1.165) is 31.7 Å². The molecule has 0 amide bonds. The molecule has 0 aliphatic carbocycles. The summed E-state index contributed by atoms with van der Waals surface area (Å²) < 4.78 is 5.57. The van der Waals surface area contributed by atoms with Crippen LogP contribution in [0.4, 0.5) is 0 Å². The molecule has 0 aromatic heterocycles. The third-order valence-electron chi connectivity index (χ3n) is 3.44. The Kier molecular flexibility index (Phi) is 5.40. The summed E-state index contributed by atoms with van der Waals surface area (Å²) in [7, 11) is 0. The SMILES string of the molecule is CCOc1cc(C)c(Cl)cc1C(=O)CN1CCNCC1. The van der Waals surface area contributed by atoms with Crippen molar-refractivity contribution in [3.63, 3.8) is 0 Å². The van der Waals surface area contributed by atoms with Crippen molar-refractivity contribution in [2.24, 2.45) is 0 Å². The van der Waals surface area contributed by atoms with Crippen LogP contribution in [0.2, 0.25) is 5.02 Å². The summed E-state index contributed by atoms with van der Waals surface area (Å²) in [4.78, 5) is 14.6. The molecule has 1 aromatic carbocycles. The Morgan fingerprint density at radius 3 is 2.75 bits per heavy atom. The maximum Gasteiger partial charge on any atom is 0.180 e. The first-order chi connectivity index (χ1) is 9.61. The molecule has 0 unspecified atom stereocenters. The van der Waals surface area contributed by atoms with Crippen LogP contribution in [0, 0.1) is 6.92 Å². The van der Waals surface area contributed by atoms with E-state index in [1.54, 1.807) is 6.07 Å². The largest absolute Gasteiger partial charge is 0.493 e. The van der Waals surface area contributed by atoms with Gasteiger partial charge in [-0.1, -0.05) is 11.6 Å². The zero-order chi connectivity index (χ0) is 14.5. The summed E-state index contributed by atoms with van der Waals surface area (Å²) in [5, 5.41) is 3.89. The van der Waals surface area contributed by atoms with Crippen LogP contribution in [-0.2, 0) is 0 Å². The number of rotatable bonds is 5. The molecule has 4 nitrogen and oxygen atoms in total. The summed E-state index contributed by atoms with van der Waals surface area (Å²) in [6, 6.07) is 3.57. The summed E-state index contributed by atoms with van der Waals surface area (Å²) in [5.41, 5.74) is 1.51. The first-order valence-corrected chi connectivity index (χ1v) is 7.39. The molecule has 5 heteroatoms. The smallest absolute Gasteiger partial charge is 0.180 e. The molecule has 0 saturated carbocycles. The van der Waals surface area contributed by atoms with E-state index in [-0.39, 0.29) is 5.78 Å². The van der Waals surface area contributed by atoms with Gasteiger partial charge in [0.2, 0.25) is 0 Å². The van der Waals surface area contributed by atoms with Gasteiger partial charge in [0.15, 0.2) is 5.78 Å². The van der Waals surface area contributed by atoms with E-state index < -0.39 is 0 Å². The van der Waals surface area contributed by atoms with Crippen LogP contribution >= 0.6 is 11.6 Å². The van der Waals surface area contributed by atoms with Gasteiger partial charge in [-0.05, 0) is 31.5 Å². The minimum Gasteiger partial charge on any atom is -0.493 e. The first-order valence-electron chi connectivity index (χ1n) is 7.01. The van der Waals surface area contributed by atoms with E-state index in [1.165, 1.54) is 0 Å². The fraction of sp³-hybridized carbons (Fsp3) is 0.533. The van der Waals surface area contributed by atoms with Gasteiger partial charge in [0, 0.05) is 31.2 Å². The lowest BCUT2D eigenvalue weighted by Gasteiger charge is -2.26. The quantitative estimate of drug-likeness (QED) is 0.845. The number of Topliss-reactive ketones (excluding diaryl/α,β-unsaturated/α-hetero) is 1. The van der Waals surface area contributed by atoms with Crippen molar-refractivity contribution in [3.8, 4) is 5.75 Å². The van der Waals surface area contributed by atoms with E-state index in [1.807, 2.05) is 19.9 Å². The van der Waals surface area contributed by atoms with Gasteiger partial charge in [-0.15, -0.1) is 0 Å². The fourth-order valence-corrected chi connectivity index (χ4v) is 2.47. The molecule has 1 fully saturated rings. The Morgan fingerprint density at radius 1 is 1.40 bits per heavy atom. The number of piperazine rings is 1. The van der Waals surface area contributed by atoms with Gasteiger partial charge in [0.1, 0.15) is 5.75 Å². The van der Waals surface area contributed by atoms with Gasteiger partial charge in [-0.25, -0.2) is 0 Å². The zero-order valence-corrected chi connectivity index (χ0v) is 12.8. The number of ketones is 1. The highest BCUT2D eigenvalue weighted by molar-refractivity contribution is 6.31. The number of hydrogen-bond donors (Lipinski definition) is 1. The van der Waals surface area contributed by atoms with E-state index in [0.29, 0.717) is 29.5 Å². The van der Waals surface area contributed by atoms with Crippen LogP contribution in [-0.4, -0.2) is 50.0 Å². The third kappa shape index (κ3) is 3.72. The highest BCUT2D eigenvalue weighted by Gasteiger charge is 2.19. The Balaban J connectivity index is 2.16. The predicted octanol–water partition coefficient (Wildman–Crippen LogP) is 2.14. The third-order valence-corrected chi connectivity index (χ3v) is 3.85. The predicted molar refractivity (Wildman–Crippen MR) is 81.0 cm³/mol. The molecule has 0 spiro atoms. The topological polar surface area (TPSA) is 41.6 Å². The number of nitrogens with zero attached hydrogens (tertiary/aromatic N) is 1. The van der Waals surface area contributed by atoms with Gasteiger partial charge in [0.25, 0.3) is 0 Å². The van der Waals surface area contributed by atoms with Crippen LogP contribution in [0.5, 0.6) is 5.75 Å². The molecule has 1 heterocycles. The average Bonchev–Trinajstić information content (AvgIpc) is 2.44. The average molecular weight is 297 g/mol. The number of halogens is 1. The molecule has 1 N–H and O–H groups in total. The molecule has 0 atom stereocenters. The van der Waals surface area contributed by atoms with Crippen LogP contribution in [0.1, 0.15) is 22.8 Å². The Hall–Kier alpha value is -1.10. The number of hydrogen-bond acceptors (Lipinski definition) is 4. The van der Waals surface area contributed by atoms with Crippen molar-refractivity contribution in [2.45, 2.75) is 13.8 Å². The number of ether oxygens (including phenoxy) is 1. The van der Waals surface area contributed by atoms with Crippen molar-refractivity contribution in [2.75, 3.05) is 39.3 Å². The van der Waals surface area contributed by atoms with Crippen LogP contribution in [0.15, 0.2) is 12.1 Å². The molecular weight excluding hydrogens is 276 g/mol. The molecule has 1 saturated heterocycles. The highest BCUT2D eigenvalue weighted by atomic mass is 35.5. The Bertz CT molecular complexity index is 485. The van der Waals surface area contributed by atoms with Gasteiger partial charge in [0.05, 0.1) is 18.7 Å². The minimum absolute atomic E-state index is 0.0669. The van der Waals surface area contributed by atoms with Gasteiger partial charge >= 0.3 is 0 Å². The molecule has 0 bridgehead atoms. The molecule has 1 aliphatic heterocycles. The maximum absolute atomic E-state index is 12.5. The highest BCUT2D eigenvalue weighted by Crippen LogP contribution is 2.27. The zero-order valence-electron chi connectivity index (χ0n) is 12.0. The maximum atomic E-state index is 12.5. The van der Waals surface area contributed by atoms with E-state index >= 15 is 0 Å². The van der Waals surface area contributed by atoms with Gasteiger partial charge < -0.3 is 10.1 Å². The molecular formula is C15H21ClN2O2. The second kappa shape index (κ2) is 7.07. The molecule has 20 heavy (non-hydrogen) atoms. The van der Waals surface area contributed by atoms with Crippen molar-refractivity contribution >= 4 is 17.4 Å². The van der Waals surface area contributed by atoms with E-state index in [2.05, 4.69) is 10.2 Å². The summed E-state index contributed by atoms with van der Waals surface area (Å²) in [5.74, 6) is 0.701. The molecule has 1 aromatic rings. The molecule has 110 valence electrons. The number of carbonyl (C=O) groups is 1. The standard InChI is InChI=1S/C15H21ClN2O2/c1-3-20-15-8-11(2)13(16)9-12(15)14(19)10-18-6-4-17-5-7-18/h8-9,17H,3-7,10H2,1-2H3. The minimum atomic E-state index is 0.0669. The van der Waals surface area contributed by atoms with Crippen molar-refractivity contribution in [1.82, 2.24) is 10.2 Å². The number of aryl methyl sites for hydroxylation is 1. The number of nitrogens with one attached hydrogen (secondary N) is 1. The van der Waals surface area contributed by atoms with E-state index in [9.17, 15) is 4.79 Å². The van der Waals surface area contributed by atoms with Gasteiger partial charge in [-0.2, -0.15) is 0 Å². The van der Waals surface area contributed by atoms with Crippen LogP contribution in [0.25, 0.3) is 0 Å². The lowest BCUT2D eigenvalue weighted by molar-refractivity contribution is 0.0918. The van der Waals surface area contributed by atoms with Gasteiger partial charge in [-0.3, -0.25) is 9.69 Å². The monoisotopic (exact) mass is 296 g/mol. The number of carbonyl (C=O) groups excluding carboxylic acids is 1. The molecule has 0 radical (unpaired) electrons. The summed E-state index contributed by atoms with van der Waals surface area (Å²) in [6.07, 6.45) is 0. The van der Waals surface area contributed by atoms with Crippen molar-refractivity contribution < 1.29 is 9.53 Å². The van der Waals surface area contributed by atoms with Crippen molar-refractivity contribution in [1.29, 1.82) is 0 Å². The lowest BCUT2D eigenvalue weighted by Crippen LogP contribution is -2.45. The molecule has 2 rings (SSSR count). The van der Waals surface area contributed by atoms with Crippen LogP contribution < -0.4 is 10.1 Å².